The van der Waals surface area contributed by atoms with Gasteiger partial charge >= 0.3 is 6.03 Å². The van der Waals surface area contributed by atoms with Gasteiger partial charge in [0.2, 0.25) is 0 Å². The summed E-state index contributed by atoms with van der Waals surface area (Å²) in [5, 5.41) is 3.06. The Kier molecular flexibility index (Phi) is 5.32. The van der Waals surface area contributed by atoms with Crippen molar-refractivity contribution in [3.05, 3.63) is 29.8 Å². The largest absolute Gasteiger partial charge is 0.371 e. The molecule has 3 aliphatic rings. The molecule has 0 aromatic heterocycles. The molecule has 0 bridgehead atoms. The van der Waals surface area contributed by atoms with Gasteiger partial charge < -0.3 is 15.1 Å². The number of anilines is 1. The van der Waals surface area contributed by atoms with E-state index >= 15 is 0 Å². The first-order valence-corrected chi connectivity index (χ1v) is 10.8. The molecule has 1 spiro atoms. The Morgan fingerprint density at radius 2 is 1.89 bits per heavy atom. The molecule has 6 heteroatoms. The van der Waals surface area contributed by atoms with Crippen LogP contribution in [0, 0.1) is 5.92 Å². The highest BCUT2D eigenvalue weighted by Gasteiger charge is 2.55. The van der Waals surface area contributed by atoms with Gasteiger partial charge in [-0.15, -0.1) is 0 Å². The molecule has 1 unspecified atom stereocenters. The Bertz CT molecular complexity index is 746. The van der Waals surface area contributed by atoms with Crippen LogP contribution in [0.4, 0.5) is 10.5 Å². The molecule has 1 aliphatic carbocycles. The lowest BCUT2D eigenvalue weighted by atomic mass is 9.73. The van der Waals surface area contributed by atoms with Gasteiger partial charge in [0.1, 0.15) is 12.1 Å². The molecule has 2 saturated heterocycles. The second-order valence-electron chi connectivity index (χ2n) is 8.90. The minimum atomic E-state index is -0.664. The van der Waals surface area contributed by atoms with Crippen LogP contribution in [0.15, 0.2) is 24.3 Å². The number of quaternary nitrogens is 1. The monoisotopic (exact) mass is 385 g/mol. The van der Waals surface area contributed by atoms with Crippen molar-refractivity contribution in [2.24, 2.45) is 5.92 Å². The summed E-state index contributed by atoms with van der Waals surface area (Å²) in [7, 11) is 2.07. The number of carbonyl (C=O) groups is 2. The third-order valence-electron chi connectivity index (χ3n) is 6.86. The summed E-state index contributed by atoms with van der Waals surface area (Å²) in [5.41, 5.74) is 1.92. The second-order valence-corrected chi connectivity index (χ2v) is 8.90. The van der Waals surface area contributed by atoms with Crippen LogP contribution < -0.4 is 15.1 Å². The molecule has 28 heavy (non-hydrogen) atoms. The first-order valence-electron chi connectivity index (χ1n) is 10.8. The van der Waals surface area contributed by atoms with Gasteiger partial charge in [-0.1, -0.05) is 38.0 Å². The molecule has 2 aliphatic heterocycles. The van der Waals surface area contributed by atoms with Crippen LogP contribution >= 0.6 is 0 Å². The van der Waals surface area contributed by atoms with Crippen molar-refractivity contribution in [1.29, 1.82) is 0 Å². The van der Waals surface area contributed by atoms with Gasteiger partial charge in [-0.05, 0) is 37.7 Å². The van der Waals surface area contributed by atoms with Crippen molar-refractivity contribution in [2.45, 2.75) is 57.5 Å². The number of hydrogen-bond donors (Lipinski definition) is 2. The zero-order valence-electron chi connectivity index (χ0n) is 17.2. The standard InChI is InChI=1S/C22H32N4O2/c1-17-9-5-6-12-22(17)20(27)26(21(28)23-22)16-24(2)15-18-10-3-4-11-19(18)25-13-7-8-14-25/h3-4,10-11,17H,5-9,12-16H2,1-2H3,(H,23,28)/p+1/t17-,22-/m0/s1. The zero-order valence-corrected chi connectivity index (χ0v) is 17.2. The molecule has 2 N–H and O–H groups in total. The fourth-order valence-electron chi connectivity index (χ4n) is 5.22. The molecular weight excluding hydrogens is 352 g/mol. The zero-order chi connectivity index (χ0) is 19.7. The van der Waals surface area contributed by atoms with E-state index in [-0.39, 0.29) is 17.9 Å². The van der Waals surface area contributed by atoms with Crippen molar-refractivity contribution in [1.82, 2.24) is 10.2 Å². The van der Waals surface area contributed by atoms with E-state index in [4.69, 9.17) is 0 Å². The van der Waals surface area contributed by atoms with Crippen LogP contribution in [-0.4, -0.2) is 49.2 Å². The fraction of sp³-hybridized carbons (Fsp3) is 0.636. The highest BCUT2D eigenvalue weighted by Crippen LogP contribution is 2.37. The first kappa shape index (κ1) is 19.2. The van der Waals surface area contributed by atoms with Crippen LogP contribution in [-0.2, 0) is 11.3 Å². The van der Waals surface area contributed by atoms with Gasteiger partial charge in [-0.3, -0.25) is 4.79 Å². The lowest BCUT2D eigenvalue weighted by Crippen LogP contribution is -3.09. The molecule has 1 saturated carbocycles. The molecule has 0 radical (unpaired) electrons. The predicted molar refractivity (Wildman–Crippen MR) is 109 cm³/mol. The van der Waals surface area contributed by atoms with Crippen molar-refractivity contribution in [3.63, 3.8) is 0 Å². The van der Waals surface area contributed by atoms with Crippen molar-refractivity contribution in [2.75, 3.05) is 31.7 Å². The van der Waals surface area contributed by atoms with Gasteiger partial charge in [-0.25, -0.2) is 9.69 Å². The van der Waals surface area contributed by atoms with Gasteiger partial charge in [-0.2, -0.15) is 0 Å². The summed E-state index contributed by atoms with van der Waals surface area (Å²) in [4.78, 5) is 30.9. The Labute approximate surface area is 167 Å². The first-order chi connectivity index (χ1) is 13.5. The number of benzene rings is 1. The number of hydrogen-bond acceptors (Lipinski definition) is 3. The molecule has 3 amide bonds. The van der Waals surface area contributed by atoms with E-state index in [0.29, 0.717) is 6.67 Å². The summed E-state index contributed by atoms with van der Waals surface area (Å²) in [6.45, 7) is 5.54. The van der Waals surface area contributed by atoms with Crippen molar-refractivity contribution in [3.8, 4) is 0 Å². The number of nitrogens with one attached hydrogen (secondary N) is 2. The van der Waals surface area contributed by atoms with Gasteiger partial charge in [0.05, 0.1) is 7.05 Å². The summed E-state index contributed by atoms with van der Waals surface area (Å²) in [6.07, 6.45) is 6.43. The molecule has 152 valence electrons. The Morgan fingerprint density at radius 3 is 2.64 bits per heavy atom. The van der Waals surface area contributed by atoms with Crippen molar-refractivity contribution >= 4 is 17.6 Å². The summed E-state index contributed by atoms with van der Waals surface area (Å²) in [5.74, 6) is 0.191. The van der Waals surface area contributed by atoms with Crippen molar-refractivity contribution < 1.29 is 14.5 Å². The molecule has 4 rings (SSSR count). The maximum absolute atomic E-state index is 13.2. The summed E-state index contributed by atoms with van der Waals surface area (Å²) < 4.78 is 0. The van der Waals surface area contributed by atoms with E-state index in [1.54, 1.807) is 0 Å². The van der Waals surface area contributed by atoms with Crippen LogP contribution in [0.1, 0.15) is 51.0 Å². The Balaban J connectivity index is 1.45. The molecule has 6 nitrogen and oxygen atoms in total. The number of carbonyl (C=O) groups excluding carboxylic acids is 2. The number of rotatable bonds is 5. The molecule has 3 atom stereocenters. The third kappa shape index (κ3) is 3.39. The third-order valence-corrected chi connectivity index (χ3v) is 6.86. The summed E-state index contributed by atoms with van der Waals surface area (Å²) in [6, 6.07) is 8.33. The molecule has 2 heterocycles. The van der Waals surface area contributed by atoms with Crippen LogP contribution in [0.5, 0.6) is 0 Å². The smallest absolute Gasteiger partial charge is 0.329 e. The van der Waals surface area contributed by atoms with Crippen LogP contribution in [0.25, 0.3) is 0 Å². The molecule has 1 aromatic rings. The van der Waals surface area contributed by atoms with Gasteiger partial charge in [0.15, 0.2) is 6.67 Å². The minimum Gasteiger partial charge on any atom is -0.371 e. The number of amides is 3. The van der Waals surface area contributed by atoms with E-state index in [1.165, 1.54) is 29.0 Å². The number of imide groups is 1. The average molecular weight is 386 g/mol. The number of para-hydroxylation sites is 1. The van der Waals surface area contributed by atoms with Gasteiger partial charge in [0, 0.05) is 24.3 Å². The maximum Gasteiger partial charge on any atom is 0.329 e. The Morgan fingerprint density at radius 1 is 1.14 bits per heavy atom. The lowest BCUT2D eigenvalue weighted by molar-refractivity contribution is -0.901. The van der Waals surface area contributed by atoms with E-state index in [0.717, 1.165) is 50.2 Å². The van der Waals surface area contributed by atoms with Crippen LogP contribution in [0.3, 0.4) is 0 Å². The van der Waals surface area contributed by atoms with E-state index in [1.807, 2.05) is 0 Å². The van der Waals surface area contributed by atoms with E-state index in [2.05, 4.69) is 48.5 Å². The second kappa shape index (κ2) is 7.74. The number of urea groups is 1. The lowest BCUT2D eigenvalue weighted by Gasteiger charge is -2.36. The summed E-state index contributed by atoms with van der Waals surface area (Å²) >= 11 is 0. The molecular formula is C22H33N4O2+. The van der Waals surface area contributed by atoms with E-state index in [9.17, 15) is 9.59 Å². The number of nitrogens with zero attached hydrogens (tertiary/aromatic N) is 2. The predicted octanol–water partition coefficient (Wildman–Crippen LogP) is 1.76. The Hall–Kier alpha value is -2.08. The minimum absolute atomic E-state index is 0.0168. The average Bonchev–Trinajstić information content (AvgIpc) is 3.29. The maximum atomic E-state index is 13.2. The quantitative estimate of drug-likeness (QED) is 0.760. The van der Waals surface area contributed by atoms with Gasteiger partial charge in [0.25, 0.3) is 5.91 Å². The SMILES string of the molecule is C[C@H]1CCCC[C@]12NC(=O)N(C[NH+](C)Cc1ccccc1N1CCCC1)C2=O. The topological polar surface area (TPSA) is 57.1 Å². The van der Waals surface area contributed by atoms with E-state index < -0.39 is 5.54 Å². The normalized spacial score (nSPS) is 28.9. The highest BCUT2D eigenvalue weighted by molar-refractivity contribution is 6.07. The molecule has 1 aromatic carbocycles. The highest BCUT2D eigenvalue weighted by atomic mass is 16.2. The molecule has 3 fully saturated rings. The van der Waals surface area contributed by atoms with Crippen LogP contribution in [0.2, 0.25) is 0 Å². The fourth-order valence-corrected chi connectivity index (χ4v) is 5.22.